The van der Waals surface area contributed by atoms with Crippen LogP contribution in [0.3, 0.4) is 0 Å². The van der Waals surface area contributed by atoms with E-state index in [1.165, 1.54) is 4.90 Å². The molecule has 0 saturated carbocycles. The van der Waals surface area contributed by atoms with Gasteiger partial charge in [-0.2, -0.15) is 0 Å². The first-order valence-electron chi connectivity index (χ1n) is 12.1. The highest BCUT2D eigenvalue weighted by Crippen LogP contribution is 2.23. The van der Waals surface area contributed by atoms with Crippen molar-refractivity contribution < 1.29 is 18.0 Å². The van der Waals surface area contributed by atoms with Crippen LogP contribution in [0.1, 0.15) is 63.6 Å². The second-order valence-electron chi connectivity index (χ2n) is 9.55. The van der Waals surface area contributed by atoms with Crippen molar-refractivity contribution in [2.24, 2.45) is 0 Å². The zero-order valence-electron chi connectivity index (χ0n) is 21.9. The summed E-state index contributed by atoms with van der Waals surface area (Å²) in [6.45, 7) is 11.5. The van der Waals surface area contributed by atoms with E-state index in [4.69, 9.17) is 0 Å². The van der Waals surface area contributed by atoms with E-state index < -0.39 is 28.5 Å². The summed E-state index contributed by atoms with van der Waals surface area (Å²) in [4.78, 5) is 28.2. The summed E-state index contributed by atoms with van der Waals surface area (Å²) in [7, 11) is -3.75. The number of carbonyl (C=O) groups excluding carboxylic acids is 2. The predicted molar refractivity (Wildman–Crippen MR) is 142 cm³/mol. The summed E-state index contributed by atoms with van der Waals surface area (Å²) in [5, 5.41) is 2.90. The van der Waals surface area contributed by atoms with Gasteiger partial charge in [0.2, 0.25) is 21.8 Å². The Balaban J connectivity index is 2.45. The van der Waals surface area contributed by atoms with E-state index in [9.17, 15) is 18.0 Å². The van der Waals surface area contributed by atoms with Crippen LogP contribution in [0.2, 0.25) is 0 Å². The molecule has 0 aliphatic rings. The molecule has 7 nitrogen and oxygen atoms in total. The molecule has 8 heteroatoms. The summed E-state index contributed by atoms with van der Waals surface area (Å²) in [5.74, 6) is -0.388. The molecular formula is C27H39N3O4S. The van der Waals surface area contributed by atoms with Crippen LogP contribution in [0, 0.1) is 6.92 Å². The molecule has 1 unspecified atom stereocenters. The zero-order valence-corrected chi connectivity index (χ0v) is 22.7. The largest absolute Gasteiger partial charge is 0.352 e. The van der Waals surface area contributed by atoms with Gasteiger partial charge in [-0.1, -0.05) is 57.2 Å². The fourth-order valence-electron chi connectivity index (χ4n) is 3.91. The van der Waals surface area contributed by atoms with Gasteiger partial charge in [-0.05, 0) is 61.9 Å². The Labute approximate surface area is 210 Å². The summed E-state index contributed by atoms with van der Waals surface area (Å²) in [5.41, 5.74) is 3.39. The Morgan fingerprint density at radius 3 is 2.06 bits per heavy atom. The van der Waals surface area contributed by atoms with Crippen LogP contribution >= 0.6 is 0 Å². The normalized spacial score (nSPS) is 12.5. The van der Waals surface area contributed by atoms with E-state index in [0.29, 0.717) is 18.0 Å². The number of hydrogen-bond donors (Lipinski definition) is 1. The summed E-state index contributed by atoms with van der Waals surface area (Å²) < 4.78 is 26.5. The van der Waals surface area contributed by atoms with Crippen LogP contribution in [0.25, 0.3) is 0 Å². The molecule has 0 fully saturated rings. The Bertz CT molecular complexity index is 1110. The first kappa shape index (κ1) is 28.4. The van der Waals surface area contributed by atoms with Gasteiger partial charge in [0.15, 0.2) is 0 Å². The van der Waals surface area contributed by atoms with Crippen LogP contribution in [0.15, 0.2) is 48.5 Å². The highest BCUT2D eigenvalue weighted by Gasteiger charge is 2.32. The van der Waals surface area contributed by atoms with E-state index in [2.05, 4.69) is 19.2 Å². The van der Waals surface area contributed by atoms with Crippen molar-refractivity contribution in [3.05, 3.63) is 65.2 Å². The third-order valence-electron chi connectivity index (χ3n) is 5.95. The van der Waals surface area contributed by atoms with Crippen LogP contribution in [-0.4, -0.2) is 50.0 Å². The molecule has 35 heavy (non-hydrogen) atoms. The van der Waals surface area contributed by atoms with E-state index in [0.717, 1.165) is 27.3 Å². The second kappa shape index (κ2) is 12.2. The minimum atomic E-state index is -3.75. The molecule has 1 N–H and O–H groups in total. The lowest BCUT2D eigenvalue weighted by atomic mass is 10.0. The number of aryl methyl sites for hydroxylation is 1. The van der Waals surface area contributed by atoms with Crippen LogP contribution < -0.4 is 9.62 Å². The number of hydrogen-bond acceptors (Lipinski definition) is 4. The first-order chi connectivity index (χ1) is 16.3. The molecule has 0 radical (unpaired) electrons. The van der Waals surface area contributed by atoms with Gasteiger partial charge in [-0.15, -0.1) is 0 Å². The van der Waals surface area contributed by atoms with Gasteiger partial charge in [0.25, 0.3) is 0 Å². The van der Waals surface area contributed by atoms with Crippen LogP contribution in [0.5, 0.6) is 0 Å². The van der Waals surface area contributed by atoms with Gasteiger partial charge in [0.1, 0.15) is 12.6 Å². The number of benzene rings is 2. The lowest BCUT2D eigenvalue weighted by molar-refractivity contribution is -0.140. The van der Waals surface area contributed by atoms with Gasteiger partial charge >= 0.3 is 0 Å². The Morgan fingerprint density at radius 2 is 1.57 bits per heavy atom. The zero-order chi connectivity index (χ0) is 26.3. The third kappa shape index (κ3) is 7.82. The second-order valence-corrected chi connectivity index (χ2v) is 11.5. The number of amides is 2. The number of rotatable bonds is 11. The maximum absolute atomic E-state index is 13.7. The first-order valence-corrected chi connectivity index (χ1v) is 13.9. The molecule has 0 bridgehead atoms. The molecule has 2 aromatic rings. The number of carbonyl (C=O) groups is 2. The number of nitrogens with one attached hydrogen (secondary N) is 1. The average Bonchev–Trinajstić information content (AvgIpc) is 2.77. The molecular weight excluding hydrogens is 462 g/mol. The van der Waals surface area contributed by atoms with E-state index in [-0.39, 0.29) is 18.5 Å². The average molecular weight is 502 g/mol. The van der Waals surface area contributed by atoms with Crippen molar-refractivity contribution in [2.45, 2.75) is 72.5 Å². The molecule has 0 aliphatic carbocycles. The van der Waals surface area contributed by atoms with Gasteiger partial charge in [0, 0.05) is 12.6 Å². The topological polar surface area (TPSA) is 86.8 Å². The molecule has 2 aromatic carbocycles. The SMILES string of the molecule is CCC(C(=O)NC(C)C)N(Cc1ccccc1C)C(=O)CN(c1ccc(C(C)C)cc1)S(C)(=O)=O. The molecule has 0 aliphatic heterocycles. The third-order valence-corrected chi connectivity index (χ3v) is 7.09. The van der Waals surface area contributed by atoms with Crippen molar-refractivity contribution in [3.8, 4) is 0 Å². The standard InChI is InChI=1S/C27H39N3O4S/c1-8-25(27(32)28-20(4)5)29(17-23-12-10-9-11-21(23)6)26(31)18-30(35(7,33)34)24-15-13-22(14-16-24)19(2)3/h9-16,19-20,25H,8,17-18H2,1-7H3,(H,28,32). The Morgan fingerprint density at radius 1 is 0.971 bits per heavy atom. The summed E-state index contributed by atoms with van der Waals surface area (Å²) in [6, 6.07) is 14.0. The summed E-state index contributed by atoms with van der Waals surface area (Å²) >= 11 is 0. The van der Waals surface area contributed by atoms with Gasteiger partial charge in [0.05, 0.1) is 11.9 Å². The van der Waals surface area contributed by atoms with Crippen molar-refractivity contribution in [2.75, 3.05) is 17.1 Å². The highest BCUT2D eigenvalue weighted by molar-refractivity contribution is 7.92. The Hall–Kier alpha value is -2.87. The minimum absolute atomic E-state index is 0.0843. The number of nitrogens with zero attached hydrogens (tertiary/aromatic N) is 2. The Kier molecular flexibility index (Phi) is 9.89. The maximum Gasteiger partial charge on any atom is 0.244 e. The number of sulfonamides is 1. The number of anilines is 1. The van der Waals surface area contributed by atoms with Gasteiger partial charge < -0.3 is 10.2 Å². The molecule has 0 heterocycles. The predicted octanol–water partition coefficient (Wildman–Crippen LogP) is 4.22. The highest BCUT2D eigenvalue weighted by atomic mass is 32.2. The molecule has 1 atom stereocenters. The fraction of sp³-hybridized carbons (Fsp3) is 0.481. The molecule has 2 amide bonds. The van der Waals surface area contributed by atoms with Crippen molar-refractivity contribution >= 4 is 27.5 Å². The molecule has 192 valence electrons. The monoisotopic (exact) mass is 501 g/mol. The maximum atomic E-state index is 13.7. The van der Waals surface area contributed by atoms with Crippen molar-refractivity contribution in [1.82, 2.24) is 10.2 Å². The molecule has 0 aromatic heterocycles. The van der Waals surface area contributed by atoms with Crippen molar-refractivity contribution in [1.29, 1.82) is 0 Å². The van der Waals surface area contributed by atoms with Crippen LogP contribution in [-0.2, 0) is 26.2 Å². The molecule has 0 spiro atoms. The van der Waals surface area contributed by atoms with E-state index in [1.807, 2.05) is 64.1 Å². The van der Waals surface area contributed by atoms with E-state index in [1.54, 1.807) is 12.1 Å². The van der Waals surface area contributed by atoms with Gasteiger partial charge in [-0.25, -0.2) is 8.42 Å². The quantitative estimate of drug-likeness (QED) is 0.500. The fourth-order valence-corrected chi connectivity index (χ4v) is 4.76. The lowest BCUT2D eigenvalue weighted by Crippen LogP contribution is -2.53. The smallest absolute Gasteiger partial charge is 0.244 e. The minimum Gasteiger partial charge on any atom is -0.352 e. The molecule has 0 saturated heterocycles. The van der Waals surface area contributed by atoms with Gasteiger partial charge in [-0.3, -0.25) is 13.9 Å². The van der Waals surface area contributed by atoms with Crippen molar-refractivity contribution in [3.63, 3.8) is 0 Å². The van der Waals surface area contributed by atoms with E-state index >= 15 is 0 Å². The lowest BCUT2D eigenvalue weighted by Gasteiger charge is -2.33. The van der Waals surface area contributed by atoms with Crippen LogP contribution in [0.4, 0.5) is 5.69 Å². The summed E-state index contributed by atoms with van der Waals surface area (Å²) in [6.07, 6.45) is 1.49. The molecule has 2 rings (SSSR count).